The van der Waals surface area contributed by atoms with Crippen molar-refractivity contribution in [2.45, 2.75) is 26.2 Å². The van der Waals surface area contributed by atoms with Crippen LogP contribution in [-0.4, -0.2) is 26.7 Å². The molecule has 0 aromatic heterocycles. The number of esters is 1. The fraction of sp³-hybridized carbons (Fsp3) is 0.500. The molecule has 0 aliphatic carbocycles. The second-order valence-electron chi connectivity index (χ2n) is 4.40. The highest BCUT2D eigenvalue weighted by Gasteiger charge is 2.11. The molecule has 0 aliphatic rings. The molecule has 3 nitrogen and oxygen atoms in total. The smallest absolute Gasteiger partial charge is 0.306 e. The number of rotatable bonds is 5. The van der Waals surface area contributed by atoms with Crippen LogP contribution in [0.2, 0.25) is 0 Å². The minimum absolute atomic E-state index is 0.128. The van der Waals surface area contributed by atoms with Crippen LogP contribution < -0.4 is 4.90 Å². The van der Waals surface area contributed by atoms with Gasteiger partial charge in [0.25, 0.3) is 0 Å². The van der Waals surface area contributed by atoms with E-state index in [0.717, 1.165) is 5.69 Å². The molecule has 0 radical (unpaired) electrons. The van der Waals surface area contributed by atoms with Crippen molar-refractivity contribution >= 4 is 11.7 Å². The maximum atomic E-state index is 11.4. The third kappa shape index (κ3) is 4.10. The standard InChI is InChI=1S/C14H21NO2/c1-5-17-14(16)10-11(2)12-6-8-13(9-7-12)15(3)4/h6-9,11H,5,10H2,1-4H3. The molecule has 0 heterocycles. The van der Waals surface area contributed by atoms with Gasteiger partial charge in [-0.3, -0.25) is 4.79 Å². The molecule has 94 valence electrons. The van der Waals surface area contributed by atoms with Gasteiger partial charge < -0.3 is 9.64 Å². The summed E-state index contributed by atoms with van der Waals surface area (Å²) in [6, 6.07) is 8.27. The van der Waals surface area contributed by atoms with Gasteiger partial charge in [-0.1, -0.05) is 19.1 Å². The lowest BCUT2D eigenvalue weighted by molar-refractivity contribution is -0.143. The molecule has 1 rings (SSSR count). The van der Waals surface area contributed by atoms with E-state index in [1.165, 1.54) is 5.56 Å². The Bertz CT molecular complexity index is 357. The highest BCUT2D eigenvalue weighted by atomic mass is 16.5. The molecule has 0 N–H and O–H groups in total. The number of anilines is 1. The van der Waals surface area contributed by atoms with Crippen LogP contribution in [0.3, 0.4) is 0 Å². The monoisotopic (exact) mass is 235 g/mol. The maximum absolute atomic E-state index is 11.4. The molecule has 0 saturated carbocycles. The van der Waals surface area contributed by atoms with Crippen LogP contribution in [0.4, 0.5) is 5.69 Å². The number of hydrogen-bond acceptors (Lipinski definition) is 3. The van der Waals surface area contributed by atoms with Crippen LogP contribution in [0.1, 0.15) is 31.7 Å². The van der Waals surface area contributed by atoms with Crippen molar-refractivity contribution in [1.29, 1.82) is 0 Å². The fourth-order valence-corrected chi connectivity index (χ4v) is 1.69. The summed E-state index contributed by atoms with van der Waals surface area (Å²) in [4.78, 5) is 13.4. The van der Waals surface area contributed by atoms with Gasteiger partial charge in [0.2, 0.25) is 0 Å². The van der Waals surface area contributed by atoms with Crippen LogP contribution in [0.25, 0.3) is 0 Å². The van der Waals surface area contributed by atoms with Gasteiger partial charge in [-0.2, -0.15) is 0 Å². The zero-order valence-electron chi connectivity index (χ0n) is 11.1. The van der Waals surface area contributed by atoms with Gasteiger partial charge in [-0.05, 0) is 30.5 Å². The van der Waals surface area contributed by atoms with Crippen LogP contribution in [0, 0.1) is 0 Å². The van der Waals surface area contributed by atoms with E-state index in [1.807, 2.05) is 27.9 Å². The van der Waals surface area contributed by atoms with Crippen LogP contribution in [0.5, 0.6) is 0 Å². The summed E-state index contributed by atoms with van der Waals surface area (Å²) >= 11 is 0. The van der Waals surface area contributed by atoms with Gasteiger partial charge in [-0.25, -0.2) is 0 Å². The van der Waals surface area contributed by atoms with Gasteiger partial charge in [0.05, 0.1) is 13.0 Å². The van der Waals surface area contributed by atoms with Crippen molar-refractivity contribution in [3.8, 4) is 0 Å². The Morgan fingerprint density at radius 3 is 2.35 bits per heavy atom. The van der Waals surface area contributed by atoms with E-state index < -0.39 is 0 Å². The Labute approximate surface area is 103 Å². The minimum Gasteiger partial charge on any atom is -0.466 e. The fourth-order valence-electron chi connectivity index (χ4n) is 1.69. The summed E-state index contributed by atoms with van der Waals surface area (Å²) in [5.41, 5.74) is 2.33. The highest BCUT2D eigenvalue weighted by Crippen LogP contribution is 2.22. The van der Waals surface area contributed by atoms with Crippen molar-refractivity contribution in [3.05, 3.63) is 29.8 Å². The predicted molar refractivity (Wildman–Crippen MR) is 70.4 cm³/mol. The maximum Gasteiger partial charge on any atom is 0.306 e. The van der Waals surface area contributed by atoms with E-state index in [2.05, 4.69) is 29.2 Å². The molecule has 0 aliphatic heterocycles. The lowest BCUT2D eigenvalue weighted by Gasteiger charge is -2.15. The second-order valence-corrected chi connectivity index (χ2v) is 4.40. The Morgan fingerprint density at radius 2 is 1.88 bits per heavy atom. The average molecular weight is 235 g/mol. The molecule has 0 spiro atoms. The summed E-state index contributed by atoms with van der Waals surface area (Å²) < 4.78 is 4.95. The van der Waals surface area contributed by atoms with Gasteiger partial charge in [-0.15, -0.1) is 0 Å². The summed E-state index contributed by atoms with van der Waals surface area (Å²) in [6.07, 6.45) is 0.440. The number of carbonyl (C=O) groups excluding carboxylic acids is 1. The first-order valence-corrected chi connectivity index (χ1v) is 5.97. The van der Waals surface area contributed by atoms with E-state index in [4.69, 9.17) is 4.74 Å². The van der Waals surface area contributed by atoms with E-state index in [-0.39, 0.29) is 11.9 Å². The van der Waals surface area contributed by atoms with Gasteiger partial charge in [0.1, 0.15) is 0 Å². The average Bonchev–Trinajstić information content (AvgIpc) is 2.29. The lowest BCUT2D eigenvalue weighted by atomic mass is 9.97. The lowest BCUT2D eigenvalue weighted by Crippen LogP contribution is -2.10. The summed E-state index contributed by atoms with van der Waals surface area (Å²) in [7, 11) is 4.02. The first-order chi connectivity index (χ1) is 8.04. The Kier molecular flexibility index (Phi) is 5.01. The second kappa shape index (κ2) is 6.28. The zero-order valence-corrected chi connectivity index (χ0v) is 11.1. The molecule has 17 heavy (non-hydrogen) atoms. The van der Waals surface area contributed by atoms with Gasteiger partial charge in [0, 0.05) is 19.8 Å². The van der Waals surface area contributed by atoms with Crippen LogP contribution in [-0.2, 0) is 9.53 Å². The molecule has 1 aromatic carbocycles. The molecule has 3 heteroatoms. The Morgan fingerprint density at radius 1 is 1.29 bits per heavy atom. The first kappa shape index (κ1) is 13.6. The molecule has 0 amide bonds. The largest absolute Gasteiger partial charge is 0.466 e. The summed E-state index contributed by atoms with van der Waals surface area (Å²) in [6.45, 7) is 4.32. The number of nitrogens with zero attached hydrogens (tertiary/aromatic N) is 1. The zero-order chi connectivity index (χ0) is 12.8. The van der Waals surface area contributed by atoms with E-state index in [0.29, 0.717) is 13.0 Å². The number of ether oxygens (including phenoxy) is 1. The van der Waals surface area contributed by atoms with Crippen LogP contribution >= 0.6 is 0 Å². The molecule has 1 atom stereocenters. The topological polar surface area (TPSA) is 29.5 Å². The van der Waals surface area contributed by atoms with E-state index in [9.17, 15) is 4.79 Å². The summed E-state index contributed by atoms with van der Waals surface area (Å²) in [5, 5.41) is 0. The van der Waals surface area contributed by atoms with Gasteiger partial charge >= 0.3 is 5.97 Å². The minimum atomic E-state index is -0.128. The normalized spacial score (nSPS) is 12.0. The molecule has 0 fully saturated rings. The van der Waals surface area contributed by atoms with Crippen molar-refractivity contribution in [3.63, 3.8) is 0 Å². The molecule has 1 unspecified atom stereocenters. The number of carbonyl (C=O) groups is 1. The third-order valence-electron chi connectivity index (χ3n) is 2.76. The summed E-state index contributed by atoms with van der Waals surface area (Å²) in [5.74, 6) is 0.0712. The Hall–Kier alpha value is -1.51. The SMILES string of the molecule is CCOC(=O)CC(C)c1ccc(N(C)C)cc1. The van der Waals surface area contributed by atoms with Crippen molar-refractivity contribution in [2.75, 3.05) is 25.6 Å². The molecule has 0 bridgehead atoms. The molecule has 0 saturated heterocycles. The van der Waals surface area contributed by atoms with Gasteiger partial charge in [0.15, 0.2) is 0 Å². The Balaban J connectivity index is 2.63. The van der Waals surface area contributed by atoms with Crippen molar-refractivity contribution < 1.29 is 9.53 Å². The quantitative estimate of drug-likeness (QED) is 0.735. The highest BCUT2D eigenvalue weighted by molar-refractivity contribution is 5.70. The molecular weight excluding hydrogens is 214 g/mol. The third-order valence-corrected chi connectivity index (χ3v) is 2.76. The molecular formula is C14H21NO2. The number of hydrogen-bond donors (Lipinski definition) is 0. The molecule has 1 aromatic rings. The van der Waals surface area contributed by atoms with Crippen molar-refractivity contribution in [1.82, 2.24) is 0 Å². The first-order valence-electron chi connectivity index (χ1n) is 5.97. The predicted octanol–water partition coefficient (Wildman–Crippen LogP) is 2.81. The van der Waals surface area contributed by atoms with Crippen LogP contribution in [0.15, 0.2) is 24.3 Å². The van der Waals surface area contributed by atoms with Crippen molar-refractivity contribution in [2.24, 2.45) is 0 Å². The number of benzene rings is 1. The van der Waals surface area contributed by atoms with E-state index in [1.54, 1.807) is 0 Å². The van der Waals surface area contributed by atoms with E-state index >= 15 is 0 Å².